The number of nitrogens with one attached hydrogen (secondary N) is 1. The van der Waals surface area contributed by atoms with Gasteiger partial charge in [-0.1, -0.05) is 38.1 Å². The van der Waals surface area contributed by atoms with E-state index in [-0.39, 0.29) is 6.61 Å². The van der Waals surface area contributed by atoms with Crippen LogP contribution >= 0.6 is 0 Å². The molecule has 1 aromatic carbocycles. The number of anilines is 1. The number of hydrogen-bond acceptors (Lipinski definition) is 3. The Hall–Kier alpha value is -1.87. The van der Waals surface area contributed by atoms with Gasteiger partial charge in [-0.25, -0.2) is 0 Å². The molecule has 0 aliphatic rings. The summed E-state index contributed by atoms with van der Waals surface area (Å²) in [5.41, 5.74) is 4.32. The average molecular weight is 256 g/mol. The first-order valence-electron chi connectivity index (χ1n) is 6.57. The van der Waals surface area contributed by atoms with Gasteiger partial charge in [0.25, 0.3) is 0 Å². The Morgan fingerprint density at radius 3 is 2.53 bits per heavy atom. The summed E-state index contributed by atoms with van der Waals surface area (Å²) in [5.74, 6) is 0.557. The van der Waals surface area contributed by atoms with Crippen molar-refractivity contribution in [1.82, 2.24) is 4.98 Å². The van der Waals surface area contributed by atoms with E-state index in [1.807, 2.05) is 6.07 Å². The van der Waals surface area contributed by atoms with Crippen LogP contribution in [0.5, 0.6) is 0 Å². The topological polar surface area (TPSA) is 45.2 Å². The van der Waals surface area contributed by atoms with Crippen LogP contribution in [0.25, 0.3) is 0 Å². The largest absolute Gasteiger partial charge is 0.392 e. The first kappa shape index (κ1) is 13.6. The molecule has 2 aromatic rings. The highest BCUT2D eigenvalue weighted by atomic mass is 16.3. The number of rotatable bonds is 5. The predicted octanol–water partition coefficient (Wildman–Crippen LogP) is 3.31. The summed E-state index contributed by atoms with van der Waals surface area (Å²) in [6.45, 7) is 5.14. The van der Waals surface area contributed by atoms with E-state index in [2.05, 4.69) is 48.4 Å². The van der Waals surface area contributed by atoms with Gasteiger partial charge in [0.05, 0.1) is 18.5 Å². The molecule has 0 saturated heterocycles. The third kappa shape index (κ3) is 3.55. The van der Waals surface area contributed by atoms with Crippen LogP contribution in [0.4, 0.5) is 5.69 Å². The molecule has 0 bridgehead atoms. The molecular formula is C16H20N2O. The van der Waals surface area contributed by atoms with Gasteiger partial charge < -0.3 is 10.4 Å². The van der Waals surface area contributed by atoms with E-state index in [4.69, 9.17) is 0 Å². The average Bonchev–Trinajstić information content (AvgIpc) is 2.45. The molecule has 2 N–H and O–H groups in total. The number of hydrogen-bond donors (Lipinski definition) is 2. The van der Waals surface area contributed by atoms with E-state index in [9.17, 15) is 5.11 Å². The van der Waals surface area contributed by atoms with Crippen molar-refractivity contribution >= 4 is 5.69 Å². The standard InChI is InChI=1S/C16H20N2O/c1-12(2)14-5-3-13(4-6-14)9-18-16-10-17-8-7-15(16)11-19/h3-8,10,12,18-19H,9,11H2,1-2H3. The zero-order valence-corrected chi connectivity index (χ0v) is 11.4. The Morgan fingerprint density at radius 2 is 1.89 bits per heavy atom. The SMILES string of the molecule is CC(C)c1ccc(CNc2cnccc2CO)cc1. The minimum absolute atomic E-state index is 0.0249. The molecule has 0 saturated carbocycles. The van der Waals surface area contributed by atoms with Crippen molar-refractivity contribution in [1.29, 1.82) is 0 Å². The molecule has 0 aliphatic heterocycles. The van der Waals surface area contributed by atoms with Crippen LogP contribution in [0.2, 0.25) is 0 Å². The molecule has 100 valence electrons. The van der Waals surface area contributed by atoms with E-state index >= 15 is 0 Å². The highest BCUT2D eigenvalue weighted by Gasteiger charge is 2.02. The molecule has 1 aromatic heterocycles. The van der Waals surface area contributed by atoms with Gasteiger partial charge in [-0.15, -0.1) is 0 Å². The van der Waals surface area contributed by atoms with Gasteiger partial charge in [-0.3, -0.25) is 4.98 Å². The summed E-state index contributed by atoms with van der Waals surface area (Å²) in [5, 5.41) is 12.6. The lowest BCUT2D eigenvalue weighted by Gasteiger charge is -2.11. The molecule has 3 nitrogen and oxygen atoms in total. The monoisotopic (exact) mass is 256 g/mol. The van der Waals surface area contributed by atoms with Crippen LogP contribution in [0.3, 0.4) is 0 Å². The lowest BCUT2D eigenvalue weighted by Crippen LogP contribution is -2.03. The first-order valence-corrected chi connectivity index (χ1v) is 6.57. The van der Waals surface area contributed by atoms with Gasteiger partial charge >= 0.3 is 0 Å². The van der Waals surface area contributed by atoms with Gasteiger partial charge in [-0.05, 0) is 23.1 Å². The lowest BCUT2D eigenvalue weighted by molar-refractivity contribution is 0.282. The maximum Gasteiger partial charge on any atom is 0.0703 e. The molecule has 0 spiro atoms. The van der Waals surface area contributed by atoms with E-state index in [1.165, 1.54) is 11.1 Å². The summed E-state index contributed by atoms with van der Waals surface area (Å²) in [7, 11) is 0. The van der Waals surface area contributed by atoms with Crippen LogP contribution in [-0.2, 0) is 13.2 Å². The molecule has 0 atom stereocenters. The van der Waals surface area contributed by atoms with Crippen LogP contribution in [-0.4, -0.2) is 10.1 Å². The molecule has 3 heteroatoms. The fourth-order valence-electron chi connectivity index (χ4n) is 1.94. The Bertz CT molecular complexity index is 521. The van der Waals surface area contributed by atoms with Crippen molar-refractivity contribution < 1.29 is 5.11 Å². The van der Waals surface area contributed by atoms with Gasteiger partial charge in [0.2, 0.25) is 0 Å². The number of benzene rings is 1. The molecular weight excluding hydrogens is 236 g/mol. The summed E-state index contributed by atoms with van der Waals surface area (Å²) in [6, 6.07) is 10.4. The van der Waals surface area contributed by atoms with Crippen molar-refractivity contribution in [2.24, 2.45) is 0 Å². The molecule has 19 heavy (non-hydrogen) atoms. The van der Waals surface area contributed by atoms with Crippen molar-refractivity contribution in [2.75, 3.05) is 5.32 Å². The smallest absolute Gasteiger partial charge is 0.0703 e. The molecule has 1 heterocycles. The molecule has 0 aliphatic carbocycles. The maximum absolute atomic E-state index is 9.25. The van der Waals surface area contributed by atoms with Crippen molar-refractivity contribution in [3.63, 3.8) is 0 Å². The third-order valence-corrected chi connectivity index (χ3v) is 3.21. The zero-order valence-electron chi connectivity index (χ0n) is 11.4. The van der Waals surface area contributed by atoms with Crippen molar-refractivity contribution in [3.8, 4) is 0 Å². The van der Waals surface area contributed by atoms with Crippen LogP contribution in [0, 0.1) is 0 Å². The lowest BCUT2D eigenvalue weighted by atomic mass is 10.0. The van der Waals surface area contributed by atoms with Gasteiger partial charge in [-0.2, -0.15) is 0 Å². The Labute approximate surface area is 114 Å². The fraction of sp³-hybridized carbons (Fsp3) is 0.312. The van der Waals surface area contributed by atoms with Crippen molar-refractivity contribution in [3.05, 3.63) is 59.4 Å². The summed E-state index contributed by atoms with van der Waals surface area (Å²) in [6.07, 6.45) is 3.43. The number of aromatic nitrogens is 1. The van der Waals surface area contributed by atoms with E-state index < -0.39 is 0 Å². The highest BCUT2D eigenvalue weighted by Crippen LogP contribution is 2.17. The second-order valence-corrected chi connectivity index (χ2v) is 4.94. The maximum atomic E-state index is 9.25. The second-order valence-electron chi connectivity index (χ2n) is 4.94. The Morgan fingerprint density at radius 1 is 1.16 bits per heavy atom. The number of aliphatic hydroxyl groups excluding tert-OH is 1. The van der Waals surface area contributed by atoms with Crippen LogP contribution < -0.4 is 5.32 Å². The van der Waals surface area contributed by atoms with E-state index in [0.717, 1.165) is 17.8 Å². The quantitative estimate of drug-likeness (QED) is 0.862. The number of aliphatic hydroxyl groups is 1. The third-order valence-electron chi connectivity index (χ3n) is 3.21. The fourth-order valence-corrected chi connectivity index (χ4v) is 1.94. The highest BCUT2D eigenvalue weighted by molar-refractivity contribution is 5.49. The second kappa shape index (κ2) is 6.34. The minimum atomic E-state index is 0.0249. The molecule has 0 fully saturated rings. The van der Waals surface area contributed by atoms with E-state index in [1.54, 1.807) is 12.4 Å². The summed E-state index contributed by atoms with van der Waals surface area (Å²) >= 11 is 0. The number of pyridine rings is 1. The Balaban J connectivity index is 2.02. The minimum Gasteiger partial charge on any atom is -0.392 e. The van der Waals surface area contributed by atoms with Crippen molar-refractivity contribution in [2.45, 2.75) is 32.9 Å². The van der Waals surface area contributed by atoms with Gasteiger partial charge in [0.1, 0.15) is 0 Å². The molecule has 0 amide bonds. The Kier molecular flexibility index (Phi) is 4.53. The van der Waals surface area contributed by atoms with Crippen LogP contribution in [0.1, 0.15) is 36.5 Å². The first-order chi connectivity index (χ1) is 9.20. The summed E-state index contributed by atoms with van der Waals surface area (Å²) < 4.78 is 0. The number of nitrogens with zero attached hydrogens (tertiary/aromatic N) is 1. The summed E-state index contributed by atoms with van der Waals surface area (Å²) in [4.78, 5) is 4.07. The van der Waals surface area contributed by atoms with Gasteiger partial charge in [0, 0.05) is 18.3 Å². The zero-order chi connectivity index (χ0) is 13.7. The van der Waals surface area contributed by atoms with Crippen LogP contribution in [0.15, 0.2) is 42.7 Å². The van der Waals surface area contributed by atoms with E-state index in [0.29, 0.717) is 5.92 Å². The van der Waals surface area contributed by atoms with Gasteiger partial charge in [0.15, 0.2) is 0 Å². The molecule has 0 radical (unpaired) electrons. The predicted molar refractivity (Wildman–Crippen MR) is 78.0 cm³/mol. The molecule has 2 rings (SSSR count). The normalized spacial score (nSPS) is 10.7. The molecule has 0 unspecified atom stereocenters.